The Morgan fingerprint density at radius 3 is 2.35 bits per heavy atom. The summed E-state index contributed by atoms with van der Waals surface area (Å²) in [6.07, 6.45) is 2.02. The maximum absolute atomic E-state index is 12.0. The van der Waals surface area contributed by atoms with Crippen LogP contribution in [0.5, 0.6) is 0 Å². The minimum atomic E-state index is 0.00369. The quantitative estimate of drug-likeness (QED) is 0.613. The van der Waals surface area contributed by atoms with Crippen molar-refractivity contribution < 1.29 is 4.79 Å². The molecule has 2 nitrogen and oxygen atoms in total. The van der Waals surface area contributed by atoms with Crippen LogP contribution >= 0.6 is 11.6 Å². The van der Waals surface area contributed by atoms with Crippen LogP contribution in [0.2, 0.25) is 0 Å². The molecule has 0 aliphatic carbocycles. The molecular weight excluding hydrogens is 270 g/mol. The van der Waals surface area contributed by atoms with E-state index in [2.05, 4.69) is 33.0 Å². The lowest BCUT2D eigenvalue weighted by atomic mass is 9.87. The molecule has 1 atom stereocenters. The molecule has 1 unspecified atom stereocenters. The Morgan fingerprint density at radius 2 is 1.85 bits per heavy atom. The summed E-state index contributed by atoms with van der Waals surface area (Å²) >= 11 is 5.75. The number of carbonyl (C=O) groups excluding carboxylic acids is 1. The summed E-state index contributed by atoms with van der Waals surface area (Å²) < 4.78 is 0. The number of alkyl halides is 1. The molecule has 0 aromatic heterocycles. The van der Waals surface area contributed by atoms with Gasteiger partial charge in [0.15, 0.2) is 0 Å². The molecule has 1 N–H and O–H groups in total. The smallest absolute Gasteiger partial charge is 0.251 e. The van der Waals surface area contributed by atoms with Crippen molar-refractivity contribution in [1.29, 1.82) is 0 Å². The molecule has 0 spiro atoms. The van der Waals surface area contributed by atoms with Gasteiger partial charge in [-0.1, -0.05) is 39.8 Å². The van der Waals surface area contributed by atoms with Crippen molar-refractivity contribution in [1.82, 2.24) is 5.32 Å². The molecule has 0 bridgehead atoms. The maximum atomic E-state index is 12.0. The molecular formula is C17H26ClNO. The predicted octanol–water partition coefficient (Wildman–Crippen LogP) is 4.37. The highest BCUT2D eigenvalue weighted by Gasteiger charge is 2.14. The first kappa shape index (κ1) is 17.0. The third kappa shape index (κ3) is 5.54. The van der Waals surface area contributed by atoms with Gasteiger partial charge in [-0.3, -0.25) is 4.79 Å². The van der Waals surface area contributed by atoms with Gasteiger partial charge in [0.05, 0.1) is 0 Å². The second kappa shape index (κ2) is 7.68. The highest BCUT2D eigenvalue weighted by atomic mass is 35.5. The second-order valence-electron chi connectivity index (χ2n) is 6.48. The average molecular weight is 296 g/mol. The SMILES string of the molecule is CC(CCl)CCCNC(=O)c1ccc(C(C)(C)C)cc1. The van der Waals surface area contributed by atoms with Gasteiger partial charge < -0.3 is 5.32 Å². The molecule has 20 heavy (non-hydrogen) atoms. The van der Waals surface area contributed by atoms with E-state index in [1.807, 2.05) is 24.3 Å². The molecule has 0 saturated carbocycles. The van der Waals surface area contributed by atoms with Crippen LogP contribution in [0.1, 0.15) is 56.5 Å². The Hall–Kier alpha value is -1.02. The highest BCUT2D eigenvalue weighted by molar-refractivity contribution is 6.18. The van der Waals surface area contributed by atoms with Crippen molar-refractivity contribution in [3.8, 4) is 0 Å². The zero-order valence-corrected chi connectivity index (χ0v) is 13.8. The van der Waals surface area contributed by atoms with Crippen molar-refractivity contribution >= 4 is 17.5 Å². The highest BCUT2D eigenvalue weighted by Crippen LogP contribution is 2.22. The molecule has 1 aromatic carbocycles. The number of hydrogen-bond acceptors (Lipinski definition) is 1. The lowest BCUT2D eigenvalue weighted by Gasteiger charge is -2.19. The number of nitrogens with one attached hydrogen (secondary N) is 1. The van der Waals surface area contributed by atoms with Gasteiger partial charge in [-0.15, -0.1) is 11.6 Å². The number of hydrogen-bond donors (Lipinski definition) is 1. The zero-order valence-electron chi connectivity index (χ0n) is 13.0. The summed E-state index contributed by atoms with van der Waals surface area (Å²) in [6, 6.07) is 7.86. The minimum absolute atomic E-state index is 0.00369. The topological polar surface area (TPSA) is 29.1 Å². The van der Waals surface area contributed by atoms with Gasteiger partial charge in [-0.2, -0.15) is 0 Å². The van der Waals surface area contributed by atoms with Gasteiger partial charge >= 0.3 is 0 Å². The molecule has 0 saturated heterocycles. The Balaban J connectivity index is 2.44. The fourth-order valence-corrected chi connectivity index (χ4v) is 2.11. The summed E-state index contributed by atoms with van der Waals surface area (Å²) in [7, 11) is 0. The fourth-order valence-electron chi connectivity index (χ4n) is 1.95. The molecule has 0 aliphatic heterocycles. The van der Waals surface area contributed by atoms with Crippen molar-refractivity contribution in [2.75, 3.05) is 12.4 Å². The van der Waals surface area contributed by atoms with E-state index >= 15 is 0 Å². The Labute approximate surface area is 127 Å². The van der Waals surface area contributed by atoms with E-state index in [4.69, 9.17) is 11.6 Å². The van der Waals surface area contributed by atoms with Crippen molar-refractivity contribution in [2.24, 2.45) is 5.92 Å². The Bertz CT molecular complexity index is 420. The molecule has 0 heterocycles. The number of halogens is 1. The van der Waals surface area contributed by atoms with E-state index in [1.165, 1.54) is 5.56 Å². The van der Waals surface area contributed by atoms with Gasteiger partial charge in [0.1, 0.15) is 0 Å². The van der Waals surface area contributed by atoms with Crippen LogP contribution in [-0.2, 0) is 5.41 Å². The summed E-state index contributed by atoms with van der Waals surface area (Å²) in [4.78, 5) is 12.0. The van der Waals surface area contributed by atoms with E-state index in [0.717, 1.165) is 18.4 Å². The second-order valence-corrected chi connectivity index (χ2v) is 6.79. The summed E-state index contributed by atoms with van der Waals surface area (Å²) in [5, 5.41) is 2.95. The Morgan fingerprint density at radius 1 is 1.25 bits per heavy atom. The van der Waals surface area contributed by atoms with E-state index in [-0.39, 0.29) is 11.3 Å². The van der Waals surface area contributed by atoms with E-state index in [1.54, 1.807) is 0 Å². The van der Waals surface area contributed by atoms with Crippen LogP contribution in [0.15, 0.2) is 24.3 Å². The normalized spacial score (nSPS) is 13.1. The van der Waals surface area contributed by atoms with Gasteiger partial charge in [-0.05, 0) is 41.9 Å². The van der Waals surface area contributed by atoms with Gasteiger partial charge in [0.25, 0.3) is 5.91 Å². The first-order valence-electron chi connectivity index (χ1n) is 7.29. The largest absolute Gasteiger partial charge is 0.352 e. The van der Waals surface area contributed by atoms with E-state index in [0.29, 0.717) is 18.3 Å². The third-order valence-electron chi connectivity index (χ3n) is 3.44. The monoisotopic (exact) mass is 295 g/mol. The van der Waals surface area contributed by atoms with Crippen LogP contribution in [0, 0.1) is 5.92 Å². The van der Waals surface area contributed by atoms with E-state index < -0.39 is 0 Å². The van der Waals surface area contributed by atoms with Crippen molar-refractivity contribution in [3.05, 3.63) is 35.4 Å². The number of rotatable bonds is 6. The van der Waals surface area contributed by atoms with Crippen molar-refractivity contribution in [2.45, 2.75) is 46.0 Å². The van der Waals surface area contributed by atoms with Crippen LogP contribution < -0.4 is 5.32 Å². The van der Waals surface area contributed by atoms with Crippen LogP contribution in [0.4, 0.5) is 0 Å². The first-order chi connectivity index (χ1) is 9.34. The maximum Gasteiger partial charge on any atom is 0.251 e. The molecule has 1 rings (SSSR count). The lowest BCUT2D eigenvalue weighted by molar-refractivity contribution is 0.0952. The average Bonchev–Trinajstić information content (AvgIpc) is 2.42. The third-order valence-corrected chi connectivity index (χ3v) is 3.96. The van der Waals surface area contributed by atoms with Gasteiger partial charge in [0.2, 0.25) is 0 Å². The summed E-state index contributed by atoms with van der Waals surface area (Å²) in [5.41, 5.74) is 2.08. The van der Waals surface area contributed by atoms with E-state index in [9.17, 15) is 4.79 Å². The fraction of sp³-hybridized carbons (Fsp3) is 0.588. The van der Waals surface area contributed by atoms with Crippen LogP contribution in [-0.4, -0.2) is 18.3 Å². The lowest BCUT2D eigenvalue weighted by Crippen LogP contribution is -2.25. The zero-order chi connectivity index (χ0) is 15.2. The predicted molar refractivity (Wildman–Crippen MR) is 86.6 cm³/mol. The number of carbonyl (C=O) groups is 1. The summed E-state index contributed by atoms with van der Waals surface area (Å²) in [5.74, 6) is 1.20. The molecule has 112 valence electrons. The number of amides is 1. The number of benzene rings is 1. The van der Waals surface area contributed by atoms with Crippen LogP contribution in [0.3, 0.4) is 0 Å². The Kier molecular flexibility index (Phi) is 6.54. The van der Waals surface area contributed by atoms with Crippen LogP contribution in [0.25, 0.3) is 0 Å². The summed E-state index contributed by atoms with van der Waals surface area (Å²) in [6.45, 7) is 9.33. The molecule has 3 heteroatoms. The molecule has 1 aromatic rings. The van der Waals surface area contributed by atoms with Gasteiger partial charge in [0, 0.05) is 18.0 Å². The minimum Gasteiger partial charge on any atom is -0.352 e. The van der Waals surface area contributed by atoms with Gasteiger partial charge in [-0.25, -0.2) is 0 Å². The standard InChI is InChI=1S/C17H26ClNO/c1-13(12-18)6-5-11-19-16(20)14-7-9-15(10-8-14)17(2,3)4/h7-10,13H,5-6,11-12H2,1-4H3,(H,19,20). The van der Waals surface area contributed by atoms with Crippen molar-refractivity contribution in [3.63, 3.8) is 0 Å². The molecule has 1 amide bonds. The molecule has 0 fully saturated rings. The molecule has 0 radical (unpaired) electrons. The molecule has 0 aliphatic rings. The first-order valence-corrected chi connectivity index (χ1v) is 7.82.